The number of hydrogen-bond acceptors (Lipinski definition) is 5. The summed E-state index contributed by atoms with van der Waals surface area (Å²) in [5.41, 5.74) is 0.682. The van der Waals surface area contributed by atoms with Crippen molar-refractivity contribution in [3.05, 3.63) is 112 Å². The van der Waals surface area contributed by atoms with Gasteiger partial charge < -0.3 is 10.1 Å². The van der Waals surface area contributed by atoms with Crippen molar-refractivity contribution in [1.29, 1.82) is 0 Å². The quantitative estimate of drug-likeness (QED) is 0.265. The fourth-order valence-corrected chi connectivity index (χ4v) is 5.17. The maximum Gasteiger partial charge on any atom is 0.326 e. The van der Waals surface area contributed by atoms with E-state index in [9.17, 15) is 26.8 Å². The number of rotatable bonds is 6. The Hall–Kier alpha value is -4.28. The Balaban J connectivity index is 1.45. The molecule has 0 aromatic heterocycles. The predicted molar refractivity (Wildman–Crippen MR) is 142 cm³/mol. The van der Waals surface area contributed by atoms with E-state index in [1.807, 2.05) is 5.32 Å². The van der Waals surface area contributed by atoms with Crippen LogP contribution in [0, 0.1) is 25.5 Å². The molecule has 4 aromatic rings. The molecular weight excluding hydrogens is 550 g/mol. The highest BCUT2D eigenvalue weighted by atomic mass is 35.5. The summed E-state index contributed by atoms with van der Waals surface area (Å²) in [6, 6.07) is 16.9. The topological polar surface area (TPSA) is 102 Å². The largest absolute Gasteiger partial charge is 0.457 e. The zero-order valence-corrected chi connectivity index (χ0v) is 22.2. The lowest BCUT2D eigenvalue weighted by atomic mass is 10.1. The fourth-order valence-electron chi connectivity index (χ4n) is 3.78. The number of hydrogen-bond donors (Lipinski definition) is 2. The second-order valence-electron chi connectivity index (χ2n) is 8.47. The van der Waals surface area contributed by atoms with Crippen molar-refractivity contribution in [2.24, 2.45) is 0 Å². The van der Waals surface area contributed by atoms with E-state index in [0.29, 0.717) is 33.3 Å². The van der Waals surface area contributed by atoms with Gasteiger partial charge in [0.2, 0.25) is 9.84 Å². The van der Waals surface area contributed by atoms with Gasteiger partial charge in [0, 0.05) is 10.7 Å². The Morgan fingerprint density at radius 2 is 1.33 bits per heavy atom. The molecule has 0 aliphatic rings. The molecule has 0 saturated carbocycles. The maximum absolute atomic E-state index is 13.8. The predicted octanol–water partition coefficient (Wildman–Crippen LogP) is 6.82. The number of benzene rings is 4. The lowest BCUT2D eigenvalue weighted by molar-refractivity contribution is 0.0959. The van der Waals surface area contributed by atoms with Crippen LogP contribution in [0.25, 0.3) is 0 Å². The van der Waals surface area contributed by atoms with E-state index in [2.05, 4.69) is 5.32 Å². The van der Waals surface area contributed by atoms with Gasteiger partial charge in [0.25, 0.3) is 5.91 Å². The molecule has 0 radical (unpaired) electrons. The van der Waals surface area contributed by atoms with Crippen molar-refractivity contribution in [3.63, 3.8) is 0 Å². The summed E-state index contributed by atoms with van der Waals surface area (Å²) in [5, 5.41) is 4.77. The van der Waals surface area contributed by atoms with Crippen molar-refractivity contribution in [2.45, 2.75) is 23.6 Å². The lowest BCUT2D eigenvalue weighted by Gasteiger charge is -2.15. The number of anilines is 1. The zero-order chi connectivity index (χ0) is 28.3. The normalized spacial score (nSPS) is 11.1. The number of sulfone groups is 1. The van der Waals surface area contributed by atoms with Gasteiger partial charge in [-0.1, -0.05) is 17.7 Å². The first-order valence-corrected chi connectivity index (χ1v) is 13.3. The average molecular weight is 571 g/mol. The molecule has 11 heteroatoms. The zero-order valence-electron chi connectivity index (χ0n) is 20.6. The molecule has 3 amide bonds. The third kappa shape index (κ3) is 6.24. The highest BCUT2D eigenvalue weighted by Gasteiger charge is 2.20. The van der Waals surface area contributed by atoms with Crippen molar-refractivity contribution >= 4 is 39.1 Å². The molecule has 200 valence electrons. The van der Waals surface area contributed by atoms with Crippen LogP contribution in [-0.4, -0.2) is 20.4 Å². The molecule has 0 fully saturated rings. The number of amides is 3. The minimum atomic E-state index is -3.74. The summed E-state index contributed by atoms with van der Waals surface area (Å²) >= 11 is 5.85. The van der Waals surface area contributed by atoms with Gasteiger partial charge in [-0.05, 0) is 97.8 Å². The standard InChI is InChI=1S/C28H21ClF2N2O5S/c1-16-14-19(32-28(35)33-27(34)25-23(30)4-3-5-24(25)31)15-17(2)26(16)38-20-8-12-22(13-9-20)39(36,37)21-10-6-18(29)7-11-21/h3-15H,1-2H3,(H2,32,33,34,35). The molecular formula is C28H21ClF2N2O5S. The Morgan fingerprint density at radius 3 is 1.87 bits per heavy atom. The second kappa shape index (κ2) is 11.2. The minimum Gasteiger partial charge on any atom is -0.457 e. The molecule has 4 rings (SSSR count). The Bertz CT molecular complexity index is 1630. The van der Waals surface area contributed by atoms with Crippen LogP contribution in [0.3, 0.4) is 0 Å². The summed E-state index contributed by atoms with van der Waals surface area (Å²) < 4.78 is 59.3. The Morgan fingerprint density at radius 1 is 0.821 bits per heavy atom. The highest BCUT2D eigenvalue weighted by molar-refractivity contribution is 7.91. The number of nitrogens with one attached hydrogen (secondary N) is 2. The first kappa shape index (κ1) is 27.7. The minimum absolute atomic E-state index is 0.0842. The molecule has 7 nitrogen and oxygen atoms in total. The van der Waals surface area contributed by atoms with Crippen LogP contribution in [0.4, 0.5) is 19.3 Å². The van der Waals surface area contributed by atoms with Crippen LogP contribution in [0.5, 0.6) is 11.5 Å². The van der Waals surface area contributed by atoms with Gasteiger partial charge >= 0.3 is 6.03 Å². The van der Waals surface area contributed by atoms with E-state index in [0.717, 1.165) is 18.2 Å². The number of urea groups is 1. The molecule has 0 spiro atoms. The average Bonchev–Trinajstić information content (AvgIpc) is 2.86. The van der Waals surface area contributed by atoms with E-state index < -0.39 is 39.0 Å². The highest BCUT2D eigenvalue weighted by Crippen LogP contribution is 2.32. The first-order chi connectivity index (χ1) is 18.5. The van der Waals surface area contributed by atoms with Gasteiger partial charge in [-0.25, -0.2) is 22.0 Å². The molecule has 0 heterocycles. The summed E-state index contributed by atoms with van der Waals surface area (Å²) in [5.74, 6) is -2.56. The van der Waals surface area contributed by atoms with Crippen LogP contribution in [-0.2, 0) is 9.84 Å². The number of carbonyl (C=O) groups is 2. The first-order valence-electron chi connectivity index (χ1n) is 11.4. The molecule has 0 atom stereocenters. The molecule has 0 saturated heterocycles. The van der Waals surface area contributed by atoms with E-state index in [1.54, 1.807) is 26.0 Å². The molecule has 0 unspecified atom stereocenters. The van der Waals surface area contributed by atoms with Crippen molar-refractivity contribution < 1.29 is 31.5 Å². The number of ether oxygens (including phenoxy) is 1. The molecule has 4 aromatic carbocycles. The third-order valence-corrected chi connectivity index (χ3v) is 7.65. The van der Waals surface area contributed by atoms with E-state index >= 15 is 0 Å². The second-order valence-corrected chi connectivity index (χ2v) is 10.9. The van der Waals surface area contributed by atoms with Gasteiger partial charge in [-0.3, -0.25) is 10.1 Å². The molecule has 2 N–H and O–H groups in total. The van der Waals surface area contributed by atoms with Gasteiger partial charge in [0.1, 0.15) is 28.7 Å². The molecule has 39 heavy (non-hydrogen) atoms. The Kier molecular flexibility index (Phi) is 7.98. The summed E-state index contributed by atoms with van der Waals surface area (Å²) in [6.07, 6.45) is 0. The van der Waals surface area contributed by atoms with E-state index in [4.69, 9.17) is 16.3 Å². The molecule has 0 aliphatic heterocycles. The van der Waals surface area contributed by atoms with Gasteiger partial charge in [0.05, 0.1) is 9.79 Å². The van der Waals surface area contributed by atoms with Crippen molar-refractivity contribution in [3.8, 4) is 11.5 Å². The van der Waals surface area contributed by atoms with Crippen molar-refractivity contribution in [1.82, 2.24) is 5.32 Å². The van der Waals surface area contributed by atoms with Crippen LogP contribution < -0.4 is 15.4 Å². The van der Waals surface area contributed by atoms with Crippen molar-refractivity contribution in [2.75, 3.05) is 5.32 Å². The molecule has 0 bridgehead atoms. The van der Waals surface area contributed by atoms with Crippen LogP contribution in [0.1, 0.15) is 21.5 Å². The third-order valence-electron chi connectivity index (χ3n) is 5.61. The maximum atomic E-state index is 13.8. The van der Waals surface area contributed by atoms with E-state index in [1.165, 1.54) is 48.5 Å². The summed E-state index contributed by atoms with van der Waals surface area (Å²) in [4.78, 5) is 24.6. The van der Waals surface area contributed by atoms with Gasteiger partial charge in [0.15, 0.2) is 0 Å². The van der Waals surface area contributed by atoms with Crippen LogP contribution in [0.15, 0.2) is 88.7 Å². The van der Waals surface area contributed by atoms with Crippen LogP contribution >= 0.6 is 11.6 Å². The van der Waals surface area contributed by atoms with E-state index in [-0.39, 0.29) is 9.79 Å². The smallest absolute Gasteiger partial charge is 0.326 e. The Labute approximate surface area is 228 Å². The fraction of sp³-hybridized carbons (Fsp3) is 0.0714. The molecule has 0 aliphatic carbocycles. The summed E-state index contributed by atoms with van der Waals surface area (Å²) in [7, 11) is -3.74. The summed E-state index contributed by atoms with van der Waals surface area (Å²) in [6.45, 7) is 3.45. The van der Waals surface area contributed by atoms with Gasteiger partial charge in [-0.2, -0.15) is 0 Å². The number of carbonyl (C=O) groups excluding carboxylic acids is 2. The van der Waals surface area contributed by atoms with Gasteiger partial charge in [-0.15, -0.1) is 0 Å². The monoisotopic (exact) mass is 570 g/mol. The SMILES string of the molecule is Cc1cc(NC(=O)NC(=O)c2c(F)cccc2F)cc(C)c1Oc1ccc(S(=O)(=O)c2ccc(Cl)cc2)cc1. The number of halogens is 3. The van der Waals surface area contributed by atoms with Crippen LogP contribution in [0.2, 0.25) is 5.02 Å². The lowest BCUT2D eigenvalue weighted by Crippen LogP contribution is -2.35. The number of imide groups is 1. The number of aryl methyl sites for hydroxylation is 2.